The van der Waals surface area contributed by atoms with Gasteiger partial charge in [-0.3, -0.25) is 0 Å². The van der Waals surface area contributed by atoms with Gasteiger partial charge >= 0.3 is 0 Å². The SMILES string of the molecule is c1ccc(-n2c3ccccc3c3c4c(ccc32)[nH]c2c(-c3ccc5oc6ccccc6c5c3)cccc24)cc1. The van der Waals surface area contributed by atoms with E-state index < -0.39 is 0 Å². The van der Waals surface area contributed by atoms with Gasteiger partial charge in [-0.1, -0.05) is 78.9 Å². The molecule has 3 aromatic heterocycles. The Labute approximate surface area is 223 Å². The summed E-state index contributed by atoms with van der Waals surface area (Å²) in [5.41, 5.74) is 10.1. The number of H-pyrrole nitrogens is 1. The van der Waals surface area contributed by atoms with E-state index in [0.717, 1.165) is 33.0 Å². The summed E-state index contributed by atoms with van der Waals surface area (Å²) in [7, 11) is 0. The van der Waals surface area contributed by atoms with Gasteiger partial charge in [-0.2, -0.15) is 0 Å². The van der Waals surface area contributed by atoms with Gasteiger partial charge in [0.1, 0.15) is 11.2 Å². The van der Waals surface area contributed by atoms with E-state index in [0.29, 0.717) is 0 Å². The number of rotatable bonds is 2. The molecule has 0 aliphatic rings. The monoisotopic (exact) mass is 498 g/mol. The number of hydrogen-bond acceptors (Lipinski definition) is 1. The average Bonchev–Trinajstić information content (AvgIpc) is 3.66. The van der Waals surface area contributed by atoms with Gasteiger partial charge in [0.2, 0.25) is 0 Å². The van der Waals surface area contributed by atoms with E-state index in [2.05, 4.69) is 125 Å². The minimum atomic E-state index is 0.916. The first-order valence-electron chi connectivity index (χ1n) is 13.3. The van der Waals surface area contributed by atoms with Gasteiger partial charge in [-0.25, -0.2) is 0 Å². The van der Waals surface area contributed by atoms with Crippen molar-refractivity contribution in [2.75, 3.05) is 0 Å². The third-order valence-electron chi connectivity index (χ3n) is 8.13. The largest absolute Gasteiger partial charge is 0.456 e. The predicted octanol–water partition coefficient (Wildman–Crippen LogP) is 9.98. The molecule has 0 aliphatic heterocycles. The van der Waals surface area contributed by atoms with Crippen LogP contribution in [0.4, 0.5) is 0 Å². The van der Waals surface area contributed by atoms with Crippen LogP contribution in [0.15, 0.2) is 132 Å². The van der Waals surface area contributed by atoms with Crippen molar-refractivity contribution in [1.29, 1.82) is 0 Å². The van der Waals surface area contributed by atoms with Crippen LogP contribution < -0.4 is 0 Å². The maximum absolute atomic E-state index is 6.10. The summed E-state index contributed by atoms with van der Waals surface area (Å²) < 4.78 is 8.48. The number of furan rings is 1. The second-order valence-electron chi connectivity index (χ2n) is 10.2. The molecule has 0 bridgehead atoms. The molecule has 0 spiro atoms. The van der Waals surface area contributed by atoms with Crippen LogP contribution in [0.1, 0.15) is 0 Å². The predicted molar refractivity (Wildman–Crippen MR) is 163 cm³/mol. The molecule has 9 rings (SSSR count). The third-order valence-corrected chi connectivity index (χ3v) is 8.13. The Morgan fingerprint density at radius 1 is 0.513 bits per heavy atom. The van der Waals surface area contributed by atoms with E-state index >= 15 is 0 Å². The molecule has 1 N–H and O–H groups in total. The molecule has 0 amide bonds. The lowest BCUT2D eigenvalue weighted by molar-refractivity contribution is 0.669. The lowest BCUT2D eigenvalue weighted by atomic mass is 9.99. The zero-order valence-corrected chi connectivity index (χ0v) is 21.0. The Morgan fingerprint density at radius 2 is 1.28 bits per heavy atom. The van der Waals surface area contributed by atoms with Crippen LogP contribution in [0.25, 0.3) is 82.4 Å². The molecular weight excluding hydrogens is 476 g/mol. The molecule has 0 saturated carbocycles. The summed E-state index contributed by atoms with van der Waals surface area (Å²) in [5.74, 6) is 0. The van der Waals surface area contributed by atoms with Gasteiger partial charge in [0.15, 0.2) is 0 Å². The summed E-state index contributed by atoms with van der Waals surface area (Å²) in [6.07, 6.45) is 0. The zero-order valence-electron chi connectivity index (χ0n) is 21.0. The summed E-state index contributed by atoms with van der Waals surface area (Å²) in [6.45, 7) is 0. The van der Waals surface area contributed by atoms with Gasteiger partial charge in [0.25, 0.3) is 0 Å². The van der Waals surface area contributed by atoms with Crippen molar-refractivity contribution in [3.8, 4) is 16.8 Å². The molecule has 0 atom stereocenters. The van der Waals surface area contributed by atoms with E-state index in [1.54, 1.807) is 0 Å². The number of para-hydroxylation sites is 4. The van der Waals surface area contributed by atoms with Crippen LogP contribution >= 0.6 is 0 Å². The minimum Gasteiger partial charge on any atom is -0.456 e. The highest BCUT2D eigenvalue weighted by molar-refractivity contribution is 6.29. The Kier molecular flexibility index (Phi) is 4.05. The Balaban J connectivity index is 1.37. The van der Waals surface area contributed by atoms with Crippen molar-refractivity contribution in [3.63, 3.8) is 0 Å². The van der Waals surface area contributed by atoms with Crippen LogP contribution in [0.3, 0.4) is 0 Å². The first-order valence-corrected chi connectivity index (χ1v) is 13.3. The number of nitrogens with zero attached hydrogens (tertiary/aromatic N) is 1. The molecule has 3 nitrogen and oxygen atoms in total. The van der Waals surface area contributed by atoms with Crippen LogP contribution in [0.2, 0.25) is 0 Å². The molecule has 3 heterocycles. The van der Waals surface area contributed by atoms with E-state index in [9.17, 15) is 0 Å². The normalized spacial score (nSPS) is 12.1. The minimum absolute atomic E-state index is 0.916. The molecule has 9 aromatic rings. The van der Waals surface area contributed by atoms with Gasteiger partial charge < -0.3 is 14.0 Å². The Morgan fingerprint density at radius 3 is 2.21 bits per heavy atom. The Hall–Kier alpha value is -5.28. The fourth-order valence-corrected chi connectivity index (χ4v) is 6.46. The van der Waals surface area contributed by atoms with Crippen molar-refractivity contribution in [1.82, 2.24) is 9.55 Å². The molecule has 3 heteroatoms. The van der Waals surface area contributed by atoms with Crippen LogP contribution in [0.5, 0.6) is 0 Å². The number of aromatic amines is 1. The van der Waals surface area contributed by atoms with E-state index in [1.165, 1.54) is 49.4 Å². The van der Waals surface area contributed by atoms with Crippen molar-refractivity contribution >= 4 is 65.6 Å². The molecule has 0 unspecified atom stereocenters. The lowest BCUT2D eigenvalue weighted by Crippen LogP contribution is -1.92. The van der Waals surface area contributed by atoms with Crippen molar-refractivity contribution in [2.45, 2.75) is 0 Å². The first kappa shape index (κ1) is 20.7. The highest BCUT2D eigenvalue weighted by Gasteiger charge is 2.19. The molecule has 39 heavy (non-hydrogen) atoms. The number of nitrogens with one attached hydrogen (secondary N) is 1. The number of fused-ring (bicyclic) bond motifs is 10. The molecule has 0 aliphatic carbocycles. The molecule has 0 fully saturated rings. The van der Waals surface area contributed by atoms with Crippen LogP contribution in [-0.4, -0.2) is 9.55 Å². The lowest BCUT2D eigenvalue weighted by Gasteiger charge is -2.07. The maximum atomic E-state index is 6.10. The second-order valence-corrected chi connectivity index (χ2v) is 10.2. The molecular formula is C36H22N2O. The number of aromatic nitrogens is 2. The smallest absolute Gasteiger partial charge is 0.135 e. The summed E-state index contributed by atoms with van der Waals surface area (Å²) in [4.78, 5) is 3.80. The quantitative estimate of drug-likeness (QED) is 0.253. The highest BCUT2D eigenvalue weighted by Crippen LogP contribution is 2.42. The van der Waals surface area contributed by atoms with E-state index in [1.807, 2.05) is 12.1 Å². The van der Waals surface area contributed by atoms with Crippen LogP contribution in [-0.2, 0) is 0 Å². The summed E-state index contributed by atoms with van der Waals surface area (Å²) >= 11 is 0. The summed E-state index contributed by atoms with van der Waals surface area (Å²) in [5, 5.41) is 7.34. The highest BCUT2D eigenvalue weighted by atomic mass is 16.3. The number of hydrogen-bond donors (Lipinski definition) is 1. The van der Waals surface area contributed by atoms with Crippen molar-refractivity contribution in [2.24, 2.45) is 0 Å². The third kappa shape index (κ3) is 2.82. The average molecular weight is 499 g/mol. The Bertz CT molecular complexity index is 2390. The molecule has 6 aromatic carbocycles. The second kappa shape index (κ2) is 7.62. The fourth-order valence-electron chi connectivity index (χ4n) is 6.46. The fraction of sp³-hybridized carbons (Fsp3) is 0. The molecule has 182 valence electrons. The van der Waals surface area contributed by atoms with E-state index in [4.69, 9.17) is 4.42 Å². The first-order chi connectivity index (χ1) is 19.3. The topological polar surface area (TPSA) is 33.9 Å². The van der Waals surface area contributed by atoms with Crippen molar-refractivity contribution in [3.05, 3.63) is 127 Å². The maximum Gasteiger partial charge on any atom is 0.135 e. The summed E-state index contributed by atoms with van der Waals surface area (Å²) in [6, 6.07) is 45.3. The number of benzene rings is 6. The van der Waals surface area contributed by atoms with Crippen LogP contribution in [0, 0.1) is 0 Å². The standard InChI is InChI=1S/C36H22N2O/c1-2-9-23(10-3-1)38-30-15-6-4-12-26(30)35-31(38)19-18-29-34(35)27-14-8-13-24(36(27)37-29)22-17-20-33-28(21-22)25-11-5-7-16-32(25)39-33/h1-21,37H. The van der Waals surface area contributed by atoms with Gasteiger partial charge in [0.05, 0.1) is 16.6 Å². The molecule has 0 radical (unpaired) electrons. The molecule has 0 saturated heterocycles. The van der Waals surface area contributed by atoms with E-state index in [-0.39, 0.29) is 0 Å². The van der Waals surface area contributed by atoms with Gasteiger partial charge in [-0.05, 0) is 54.1 Å². The zero-order chi connectivity index (χ0) is 25.5. The van der Waals surface area contributed by atoms with Gasteiger partial charge in [0, 0.05) is 49.1 Å². The van der Waals surface area contributed by atoms with Crippen molar-refractivity contribution < 1.29 is 4.42 Å². The van der Waals surface area contributed by atoms with Gasteiger partial charge in [-0.15, -0.1) is 0 Å².